The summed E-state index contributed by atoms with van der Waals surface area (Å²) in [4.78, 5) is 33.6. The van der Waals surface area contributed by atoms with Crippen molar-refractivity contribution >= 4 is 17.9 Å². The number of hydrogen-bond donors (Lipinski definition) is 4. The van der Waals surface area contributed by atoms with Crippen molar-refractivity contribution in [2.75, 3.05) is 0 Å². The summed E-state index contributed by atoms with van der Waals surface area (Å²) < 4.78 is 0. The lowest BCUT2D eigenvalue weighted by Gasteiger charge is -2.32. The van der Waals surface area contributed by atoms with Crippen LogP contribution in [0.2, 0.25) is 0 Å². The van der Waals surface area contributed by atoms with E-state index < -0.39 is 23.9 Å². The Bertz CT molecular complexity index is 390. The van der Waals surface area contributed by atoms with Crippen molar-refractivity contribution in [2.24, 2.45) is 17.6 Å². The van der Waals surface area contributed by atoms with Gasteiger partial charge in [-0.15, -0.1) is 0 Å². The van der Waals surface area contributed by atoms with E-state index in [4.69, 9.17) is 10.8 Å². The number of urea groups is 1. The third kappa shape index (κ3) is 6.46. The largest absolute Gasteiger partial charge is 0.480 e. The third-order valence-electron chi connectivity index (χ3n) is 3.80. The summed E-state index contributed by atoms with van der Waals surface area (Å²) in [6, 6.07) is -1.54. The highest BCUT2D eigenvalue weighted by molar-refractivity contribution is 5.83. The molecule has 5 N–H and O–H groups in total. The molecule has 0 heterocycles. The minimum Gasteiger partial charge on any atom is -0.480 e. The molecule has 120 valence electrons. The standard InChI is InChI=1S/C14H25N3O4/c1-8-5-9(2)7-10(6-8)16-14(21)17-11(13(19)20)3-4-12(15)18/h8-11H,3-7H2,1-2H3,(H2,15,18)(H,19,20)(H2,16,17,21). The van der Waals surface area contributed by atoms with Crippen LogP contribution in [0.5, 0.6) is 0 Å². The Hall–Kier alpha value is -1.79. The van der Waals surface area contributed by atoms with Gasteiger partial charge in [0.1, 0.15) is 6.04 Å². The van der Waals surface area contributed by atoms with Gasteiger partial charge in [-0.25, -0.2) is 9.59 Å². The molecule has 3 amide bonds. The van der Waals surface area contributed by atoms with Crippen LogP contribution in [0.25, 0.3) is 0 Å². The van der Waals surface area contributed by atoms with Crippen LogP contribution in [0.15, 0.2) is 0 Å². The molecule has 21 heavy (non-hydrogen) atoms. The van der Waals surface area contributed by atoms with E-state index in [1.807, 2.05) is 0 Å². The van der Waals surface area contributed by atoms with Gasteiger partial charge >= 0.3 is 12.0 Å². The maximum Gasteiger partial charge on any atom is 0.326 e. The van der Waals surface area contributed by atoms with E-state index in [9.17, 15) is 14.4 Å². The predicted molar refractivity (Wildman–Crippen MR) is 77.5 cm³/mol. The van der Waals surface area contributed by atoms with Gasteiger partial charge in [0.15, 0.2) is 0 Å². The molecule has 0 radical (unpaired) electrons. The van der Waals surface area contributed by atoms with Gasteiger partial charge in [0.2, 0.25) is 5.91 Å². The normalized spacial score (nSPS) is 26.7. The van der Waals surface area contributed by atoms with Crippen LogP contribution in [0, 0.1) is 11.8 Å². The lowest BCUT2D eigenvalue weighted by Crippen LogP contribution is -2.50. The van der Waals surface area contributed by atoms with E-state index in [0.717, 1.165) is 19.3 Å². The Morgan fingerprint density at radius 2 is 1.76 bits per heavy atom. The van der Waals surface area contributed by atoms with E-state index >= 15 is 0 Å². The molecule has 1 fully saturated rings. The molecule has 1 rings (SSSR count). The zero-order valence-corrected chi connectivity index (χ0v) is 12.6. The van der Waals surface area contributed by atoms with Gasteiger partial charge in [-0.3, -0.25) is 4.79 Å². The van der Waals surface area contributed by atoms with Crippen LogP contribution in [-0.2, 0) is 9.59 Å². The molecule has 0 aromatic carbocycles. The first-order valence-electron chi connectivity index (χ1n) is 7.36. The molecule has 1 aliphatic carbocycles. The van der Waals surface area contributed by atoms with Crippen molar-refractivity contribution in [1.29, 1.82) is 0 Å². The molecular formula is C14H25N3O4. The second kappa shape index (κ2) is 7.85. The zero-order chi connectivity index (χ0) is 16.0. The Balaban J connectivity index is 2.46. The highest BCUT2D eigenvalue weighted by Gasteiger charge is 2.26. The molecule has 0 aromatic rings. The number of amides is 3. The number of primary amides is 1. The Morgan fingerprint density at radius 1 is 1.19 bits per heavy atom. The number of carbonyl (C=O) groups is 3. The molecule has 7 heteroatoms. The SMILES string of the molecule is CC1CC(C)CC(NC(=O)NC(CCC(N)=O)C(=O)O)C1. The Kier molecular flexibility index (Phi) is 6.45. The van der Waals surface area contributed by atoms with E-state index in [1.54, 1.807) is 0 Å². The number of carbonyl (C=O) groups excluding carboxylic acids is 2. The second-order valence-electron chi connectivity index (χ2n) is 6.13. The monoisotopic (exact) mass is 299 g/mol. The van der Waals surface area contributed by atoms with Gasteiger partial charge in [0, 0.05) is 12.5 Å². The van der Waals surface area contributed by atoms with Gasteiger partial charge in [-0.2, -0.15) is 0 Å². The van der Waals surface area contributed by atoms with Gasteiger partial charge < -0.3 is 21.5 Å². The summed E-state index contributed by atoms with van der Waals surface area (Å²) in [5.74, 6) is -0.663. The summed E-state index contributed by atoms with van der Waals surface area (Å²) in [7, 11) is 0. The van der Waals surface area contributed by atoms with E-state index in [-0.39, 0.29) is 18.9 Å². The predicted octanol–water partition coefficient (Wildman–Crippen LogP) is 0.829. The minimum absolute atomic E-state index is 0.00441. The average Bonchev–Trinajstić information content (AvgIpc) is 2.32. The van der Waals surface area contributed by atoms with Gasteiger partial charge in [-0.1, -0.05) is 13.8 Å². The molecule has 1 saturated carbocycles. The van der Waals surface area contributed by atoms with Crippen molar-refractivity contribution in [3.05, 3.63) is 0 Å². The first-order chi connectivity index (χ1) is 9.77. The lowest BCUT2D eigenvalue weighted by atomic mass is 9.80. The summed E-state index contributed by atoms with van der Waals surface area (Å²) in [6.07, 6.45) is 2.87. The smallest absolute Gasteiger partial charge is 0.326 e. The van der Waals surface area contributed by atoms with E-state index in [0.29, 0.717) is 11.8 Å². The quantitative estimate of drug-likeness (QED) is 0.580. The zero-order valence-electron chi connectivity index (χ0n) is 12.6. The van der Waals surface area contributed by atoms with Crippen LogP contribution in [0.3, 0.4) is 0 Å². The summed E-state index contributed by atoms with van der Waals surface area (Å²) >= 11 is 0. The molecule has 1 aliphatic rings. The fourth-order valence-corrected chi connectivity index (χ4v) is 2.99. The van der Waals surface area contributed by atoms with E-state index in [2.05, 4.69) is 24.5 Å². The van der Waals surface area contributed by atoms with Gasteiger partial charge in [-0.05, 0) is 37.5 Å². The number of nitrogens with one attached hydrogen (secondary N) is 2. The topological polar surface area (TPSA) is 122 Å². The summed E-state index contributed by atoms with van der Waals surface area (Å²) in [6.45, 7) is 4.30. The highest BCUT2D eigenvalue weighted by Crippen LogP contribution is 2.28. The number of aliphatic carboxylic acids is 1. The number of rotatable bonds is 6. The number of hydrogen-bond acceptors (Lipinski definition) is 3. The third-order valence-corrected chi connectivity index (χ3v) is 3.80. The highest BCUT2D eigenvalue weighted by atomic mass is 16.4. The molecule has 7 nitrogen and oxygen atoms in total. The first-order valence-corrected chi connectivity index (χ1v) is 7.36. The van der Waals surface area contributed by atoms with Crippen molar-refractivity contribution in [2.45, 2.75) is 58.0 Å². The van der Waals surface area contributed by atoms with Crippen LogP contribution >= 0.6 is 0 Å². The van der Waals surface area contributed by atoms with Gasteiger partial charge in [0.05, 0.1) is 0 Å². The molecule has 0 saturated heterocycles. The summed E-state index contributed by atoms with van der Waals surface area (Å²) in [5.41, 5.74) is 4.99. The first kappa shape index (κ1) is 17.3. The average molecular weight is 299 g/mol. The van der Waals surface area contributed by atoms with Crippen LogP contribution in [0.1, 0.15) is 46.0 Å². The lowest BCUT2D eigenvalue weighted by molar-refractivity contribution is -0.139. The van der Waals surface area contributed by atoms with E-state index in [1.165, 1.54) is 0 Å². The number of carboxylic acids is 1. The fraction of sp³-hybridized carbons (Fsp3) is 0.786. The van der Waals surface area contributed by atoms with Crippen molar-refractivity contribution in [3.63, 3.8) is 0 Å². The fourth-order valence-electron chi connectivity index (χ4n) is 2.99. The Morgan fingerprint density at radius 3 is 2.24 bits per heavy atom. The molecule has 3 unspecified atom stereocenters. The second-order valence-corrected chi connectivity index (χ2v) is 6.13. The van der Waals surface area contributed by atoms with Crippen molar-refractivity contribution in [3.8, 4) is 0 Å². The number of carboxylic acid groups (broad SMARTS) is 1. The summed E-state index contributed by atoms with van der Waals surface area (Å²) in [5, 5.41) is 14.2. The van der Waals surface area contributed by atoms with Gasteiger partial charge in [0.25, 0.3) is 0 Å². The molecular weight excluding hydrogens is 274 g/mol. The molecule has 0 aliphatic heterocycles. The molecule has 3 atom stereocenters. The molecule has 0 aromatic heterocycles. The maximum atomic E-state index is 11.9. The van der Waals surface area contributed by atoms with Crippen molar-refractivity contribution in [1.82, 2.24) is 10.6 Å². The van der Waals surface area contributed by atoms with Crippen LogP contribution in [0.4, 0.5) is 4.79 Å². The number of nitrogens with two attached hydrogens (primary N) is 1. The molecule has 0 spiro atoms. The maximum absolute atomic E-state index is 11.9. The minimum atomic E-state index is -1.17. The van der Waals surface area contributed by atoms with Crippen LogP contribution in [-0.4, -0.2) is 35.1 Å². The van der Waals surface area contributed by atoms with Crippen molar-refractivity contribution < 1.29 is 19.5 Å². The Labute approximate surface area is 124 Å². The molecule has 0 bridgehead atoms. The van der Waals surface area contributed by atoms with Crippen LogP contribution < -0.4 is 16.4 Å².